The summed E-state index contributed by atoms with van der Waals surface area (Å²) in [6, 6.07) is 5.33. The minimum absolute atomic E-state index is 0.131. The highest BCUT2D eigenvalue weighted by atomic mass is 16.5. The maximum atomic E-state index is 12.2. The van der Waals surface area contributed by atoms with Gasteiger partial charge in [0.05, 0.1) is 6.61 Å². The number of hydrogen-bond donors (Lipinski definition) is 2. The van der Waals surface area contributed by atoms with Gasteiger partial charge >= 0.3 is 0 Å². The molecule has 1 aromatic carbocycles. The number of methoxy groups -OCH3 is 1. The molecule has 3 N–H and O–H groups in total. The van der Waals surface area contributed by atoms with Gasteiger partial charge in [-0.3, -0.25) is 4.79 Å². The molecule has 1 aromatic rings. The second-order valence-corrected chi connectivity index (χ2v) is 4.89. The quantitative estimate of drug-likeness (QED) is 0.799. The van der Waals surface area contributed by atoms with Crippen molar-refractivity contribution in [3.63, 3.8) is 0 Å². The lowest BCUT2D eigenvalue weighted by Crippen LogP contribution is -2.45. The molecule has 1 unspecified atom stereocenters. The molecule has 1 fully saturated rings. The third-order valence-electron chi connectivity index (χ3n) is 3.69. The fourth-order valence-electron chi connectivity index (χ4n) is 2.20. The Kier molecular flexibility index (Phi) is 4.07. The summed E-state index contributed by atoms with van der Waals surface area (Å²) in [5.41, 5.74) is 7.43. The highest BCUT2D eigenvalue weighted by Crippen LogP contribution is 2.22. The Balaban J connectivity index is 2.03. The number of carbonyl (C=O) groups is 1. The van der Waals surface area contributed by atoms with Gasteiger partial charge in [-0.05, 0) is 24.6 Å². The highest BCUT2D eigenvalue weighted by molar-refractivity contribution is 5.96. The normalized spacial score (nSPS) is 22.4. The van der Waals surface area contributed by atoms with Crippen molar-refractivity contribution in [3.8, 4) is 0 Å². The lowest BCUT2D eigenvalue weighted by molar-refractivity contribution is -0.0148. The summed E-state index contributed by atoms with van der Waals surface area (Å²) in [6.07, 6.45) is 0.791. The summed E-state index contributed by atoms with van der Waals surface area (Å²) >= 11 is 0. The van der Waals surface area contributed by atoms with Crippen LogP contribution in [0.4, 0.5) is 5.69 Å². The average molecular weight is 264 g/mol. The van der Waals surface area contributed by atoms with Gasteiger partial charge in [0.15, 0.2) is 0 Å². The predicted molar refractivity (Wildman–Crippen MR) is 73.1 cm³/mol. The molecule has 1 atom stereocenters. The van der Waals surface area contributed by atoms with Crippen LogP contribution in [0.1, 0.15) is 22.3 Å². The van der Waals surface area contributed by atoms with Crippen LogP contribution in [0.25, 0.3) is 0 Å². The standard InChI is InChI=1S/C14H20N2O3/c1-10-11(4-3-5-12(10)15)13(17)16-8-14(18-2)6-7-19-9-14/h3-5H,6-9,15H2,1-2H3,(H,16,17). The number of amides is 1. The van der Waals surface area contributed by atoms with Gasteiger partial charge in [-0.2, -0.15) is 0 Å². The van der Waals surface area contributed by atoms with Crippen molar-refractivity contribution < 1.29 is 14.3 Å². The summed E-state index contributed by atoms with van der Waals surface area (Å²) in [4.78, 5) is 12.2. The van der Waals surface area contributed by atoms with Crippen LogP contribution in [0, 0.1) is 6.92 Å². The van der Waals surface area contributed by atoms with Crippen LogP contribution in [-0.2, 0) is 9.47 Å². The zero-order valence-corrected chi connectivity index (χ0v) is 11.4. The smallest absolute Gasteiger partial charge is 0.251 e. The van der Waals surface area contributed by atoms with Crippen LogP contribution in [0.2, 0.25) is 0 Å². The van der Waals surface area contributed by atoms with Gasteiger partial charge in [0.2, 0.25) is 0 Å². The minimum atomic E-state index is -0.399. The number of nitrogen functional groups attached to an aromatic ring is 1. The van der Waals surface area contributed by atoms with Crippen LogP contribution in [0.5, 0.6) is 0 Å². The van der Waals surface area contributed by atoms with Gasteiger partial charge in [-0.15, -0.1) is 0 Å². The third kappa shape index (κ3) is 2.88. The molecule has 5 nitrogen and oxygen atoms in total. The van der Waals surface area contributed by atoms with Crippen LogP contribution < -0.4 is 11.1 Å². The summed E-state index contributed by atoms with van der Waals surface area (Å²) < 4.78 is 10.8. The monoisotopic (exact) mass is 264 g/mol. The Bertz CT molecular complexity index is 468. The van der Waals surface area contributed by atoms with E-state index in [9.17, 15) is 4.79 Å². The van der Waals surface area contributed by atoms with E-state index in [0.29, 0.717) is 31.0 Å². The molecule has 2 rings (SSSR count). The molecular weight excluding hydrogens is 244 g/mol. The van der Waals surface area contributed by atoms with E-state index < -0.39 is 5.60 Å². The van der Waals surface area contributed by atoms with Gasteiger partial charge in [0.25, 0.3) is 5.91 Å². The summed E-state index contributed by atoms with van der Waals surface area (Å²) in [6.45, 7) is 3.46. The van der Waals surface area contributed by atoms with Crippen molar-refractivity contribution in [2.75, 3.05) is 32.6 Å². The number of anilines is 1. The first-order chi connectivity index (χ1) is 9.08. The van der Waals surface area contributed by atoms with E-state index >= 15 is 0 Å². The Morgan fingerprint density at radius 1 is 1.58 bits per heavy atom. The topological polar surface area (TPSA) is 73.6 Å². The van der Waals surface area contributed by atoms with Crippen molar-refractivity contribution in [2.24, 2.45) is 0 Å². The maximum absolute atomic E-state index is 12.2. The van der Waals surface area contributed by atoms with E-state index in [1.807, 2.05) is 6.92 Å². The van der Waals surface area contributed by atoms with E-state index in [1.54, 1.807) is 25.3 Å². The van der Waals surface area contributed by atoms with E-state index in [4.69, 9.17) is 15.2 Å². The first-order valence-electron chi connectivity index (χ1n) is 6.34. The molecule has 19 heavy (non-hydrogen) atoms. The molecule has 1 amide bonds. The molecule has 0 bridgehead atoms. The molecule has 1 aliphatic rings. The minimum Gasteiger partial charge on any atom is -0.398 e. The number of nitrogens with one attached hydrogen (secondary N) is 1. The zero-order valence-electron chi connectivity index (χ0n) is 11.4. The average Bonchev–Trinajstić information content (AvgIpc) is 2.89. The second-order valence-electron chi connectivity index (χ2n) is 4.89. The van der Waals surface area contributed by atoms with Crippen molar-refractivity contribution in [2.45, 2.75) is 18.9 Å². The molecule has 0 aromatic heterocycles. The fourth-order valence-corrected chi connectivity index (χ4v) is 2.20. The molecule has 5 heteroatoms. The Hall–Kier alpha value is -1.59. The number of carbonyl (C=O) groups excluding carboxylic acids is 1. The molecule has 1 saturated heterocycles. The molecule has 1 heterocycles. The first kappa shape index (κ1) is 13.8. The number of nitrogens with two attached hydrogens (primary N) is 1. The molecule has 0 saturated carbocycles. The lowest BCUT2D eigenvalue weighted by Gasteiger charge is -2.26. The van der Waals surface area contributed by atoms with Crippen LogP contribution in [0.3, 0.4) is 0 Å². The number of benzene rings is 1. The van der Waals surface area contributed by atoms with Crippen molar-refractivity contribution in [3.05, 3.63) is 29.3 Å². The number of hydrogen-bond acceptors (Lipinski definition) is 4. The van der Waals surface area contributed by atoms with Gasteiger partial charge in [0, 0.05) is 37.9 Å². The SMILES string of the molecule is COC1(CNC(=O)c2cccc(N)c2C)CCOC1. The first-order valence-corrected chi connectivity index (χ1v) is 6.34. The van der Waals surface area contributed by atoms with Crippen LogP contribution in [0.15, 0.2) is 18.2 Å². The maximum Gasteiger partial charge on any atom is 0.251 e. The van der Waals surface area contributed by atoms with Gasteiger partial charge < -0.3 is 20.5 Å². The zero-order chi connectivity index (χ0) is 13.9. The Morgan fingerprint density at radius 3 is 3.00 bits per heavy atom. The predicted octanol–water partition coefficient (Wildman–Crippen LogP) is 1.11. The van der Waals surface area contributed by atoms with E-state index in [0.717, 1.165) is 12.0 Å². The van der Waals surface area contributed by atoms with Crippen molar-refractivity contribution in [1.29, 1.82) is 0 Å². The summed E-state index contributed by atoms with van der Waals surface area (Å²) in [5.74, 6) is -0.131. The summed E-state index contributed by atoms with van der Waals surface area (Å²) in [5, 5.41) is 2.90. The van der Waals surface area contributed by atoms with E-state index in [-0.39, 0.29) is 5.91 Å². The van der Waals surface area contributed by atoms with Crippen molar-refractivity contribution >= 4 is 11.6 Å². The van der Waals surface area contributed by atoms with Gasteiger partial charge in [0.1, 0.15) is 5.60 Å². The highest BCUT2D eigenvalue weighted by Gasteiger charge is 2.35. The van der Waals surface area contributed by atoms with E-state index in [2.05, 4.69) is 5.32 Å². The lowest BCUT2D eigenvalue weighted by atomic mass is 10.0. The molecule has 0 radical (unpaired) electrons. The largest absolute Gasteiger partial charge is 0.398 e. The molecule has 0 aliphatic carbocycles. The molecular formula is C14H20N2O3. The molecule has 0 spiro atoms. The third-order valence-corrected chi connectivity index (χ3v) is 3.69. The Morgan fingerprint density at radius 2 is 2.37 bits per heavy atom. The number of ether oxygens (including phenoxy) is 2. The number of rotatable bonds is 4. The van der Waals surface area contributed by atoms with Gasteiger partial charge in [-0.1, -0.05) is 6.07 Å². The fraction of sp³-hybridized carbons (Fsp3) is 0.500. The van der Waals surface area contributed by atoms with E-state index in [1.165, 1.54) is 0 Å². The van der Waals surface area contributed by atoms with Crippen molar-refractivity contribution in [1.82, 2.24) is 5.32 Å². The Labute approximate surface area is 113 Å². The molecule has 1 aliphatic heterocycles. The second kappa shape index (κ2) is 5.59. The summed E-state index contributed by atoms with van der Waals surface area (Å²) in [7, 11) is 1.65. The van der Waals surface area contributed by atoms with Crippen LogP contribution in [-0.4, -0.2) is 38.4 Å². The van der Waals surface area contributed by atoms with Gasteiger partial charge in [-0.25, -0.2) is 0 Å². The molecule has 104 valence electrons. The van der Waals surface area contributed by atoms with Crippen LogP contribution >= 0.6 is 0 Å².